The number of fused-ring (bicyclic) bond motifs is 1. The Morgan fingerprint density at radius 1 is 1.00 bits per heavy atom. The Labute approximate surface area is 112 Å². The summed E-state index contributed by atoms with van der Waals surface area (Å²) >= 11 is 9.51. The maximum atomic E-state index is 6.00. The Balaban J connectivity index is 2.23. The smallest absolute Gasteiger partial charge is 0.136 e. The first kappa shape index (κ1) is 10.9. The molecule has 3 rings (SSSR count). The minimum absolute atomic E-state index is 0.698. The zero-order valence-electron chi connectivity index (χ0n) is 8.78. The van der Waals surface area contributed by atoms with Gasteiger partial charge in [0.2, 0.25) is 0 Å². The SMILES string of the molecule is Clc1ccc(Br)c(-c2cc3ccccc3o2)c1. The molecule has 84 valence electrons. The maximum absolute atomic E-state index is 6.00. The fourth-order valence-electron chi connectivity index (χ4n) is 1.80. The second-order valence-electron chi connectivity index (χ2n) is 3.77. The first-order valence-corrected chi connectivity index (χ1v) is 6.35. The molecule has 0 unspecified atom stereocenters. The summed E-state index contributed by atoms with van der Waals surface area (Å²) in [6.45, 7) is 0. The summed E-state index contributed by atoms with van der Waals surface area (Å²) in [4.78, 5) is 0. The molecule has 0 bridgehead atoms. The third-order valence-corrected chi connectivity index (χ3v) is 3.55. The number of hydrogen-bond donors (Lipinski definition) is 0. The van der Waals surface area contributed by atoms with Crippen LogP contribution in [0, 0.1) is 0 Å². The van der Waals surface area contributed by atoms with E-state index in [1.807, 2.05) is 48.5 Å². The minimum atomic E-state index is 0.698. The molecule has 2 aromatic carbocycles. The van der Waals surface area contributed by atoms with Gasteiger partial charge in [-0.2, -0.15) is 0 Å². The molecule has 0 aliphatic carbocycles. The van der Waals surface area contributed by atoms with Crippen LogP contribution in [0.3, 0.4) is 0 Å². The first-order valence-electron chi connectivity index (χ1n) is 5.18. The van der Waals surface area contributed by atoms with Crippen molar-refractivity contribution in [2.24, 2.45) is 0 Å². The molecule has 1 heterocycles. The minimum Gasteiger partial charge on any atom is -0.456 e. The Kier molecular flexibility index (Phi) is 2.69. The van der Waals surface area contributed by atoms with Gasteiger partial charge in [-0.1, -0.05) is 45.7 Å². The molecule has 0 aliphatic rings. The van der Waals surface area contributed by atoms with E-state index < -0.39 is 0 Å². The number of halogens is 2. The van der Waals surface area contributed by atoms with Gasteiger partial charge >= 0.3 is 0 Å². The van der Waals surface area contributed by atoms with Crippen LogP contribution in [0.2, 0.25) is 5.02 Å². The van der Waals surface area contributed by atoms with Gasteiger partial charge in [-0.3, -0.25) is 0 Å². The topological polar surface area (TPSA) is 13.1 Å². The lowest BCUT2D eigenvalue weighted by molar-refractivity contribution is 0.631. The van der Waals surface area contributed by atoms with Crippen LogP contribution >= 0.6 is 27.5 Å². The highest BCUT2D eigenvalue weighted by atomic mass is 79.9. The molecular weight excluding hydrogens is 300 g/mol. The molecule has 0 spiro atoms. The Bertz CT molecular complexity index is 655. The number of para-hydroxylation sites is 1. The van der Waals surface area contributed by atoms with Gasteiger partial charge in [0.1, 0.15) is 11.3 Å². The van der Waals surface area contributed by atoms with E-state index in [9.17, 15) is 0 Å². The number of hydrogen-bond acceptors (Lipinski definition) is 1. The van der Waals surface area contributed by atoms with Crippen molar-refractivity contribution in [3.05, 3.63) is 58.0 Å². The van der Waals surface area contributed by atoms with Gasteiger partial charge in [0.25, 0.3) is 0 Å². The van der Waals surface area contributed by atoms with Crippen molar-refractivity contribution in [3.8, 4) is 11.3 Å². The summed E-state index contributed by atoms with van der Waals surface area (Å²) in [5, 5.41) is 1.79. The molecule has 1 aromatic heterocycles. The molecule has 0 saturated carbocycles. The molecule has 0 atom stereocenters. The van der Waals surface area contributed by atoms with Crippen molar-refractivity contribution in [3.63, 3.8) is 0 Å². The van der Waals surface area contributed by atoms with E-state index >= 15 is 0 Å². The first-order chi connectivity index (χ1) is 8.24. The van der Waals surface area contributed by atoms with Gasteiger partial charge in [-0.15, -0.1) is 0 Å². The number of furan rings is 1. The summed E-state index contributed by atoms with van der Waals surface area (Å²) in [7, 11) is 0. The predicted molar refractivity (Wildman–Crippen MR) is 74.4 cm³/mol. The lowest BCUT2D eigenvalue weighted by Crippen LogP contribution is -1.76. The molecule has 17 heavy (non-hydrogen) atoms. The van der Waals surface area contributed by atoms with Crippen molar-refractivity contribution in [1.29, 1.82) is 0 Å². The van der Waals surface area contributed by atoms with Crippen molar-refractivity contribution in [2.45, 2.75) is 0 Å². The number of benzene rings is 2. The largest absolute Gasteiger partial charge is 0.456 e. The van der Waals surface area contributed by atoms with Gasteiger partial charge in [-0.25, -0.2) is 0 Å². The standard InChI is InChI=1S/C14H8BrClO/c15-12-6-5-10(16)8-11(12)14-7-9-3-1-2-4-13(9)17-14/h1-8H. The lowest BCUT2D eigenvalue weighted by atomic mass is 10.1. The van der Waals surface area contributed by atoms with Crippen LogP contribution in [0.25, 0.3) is 22.3 Å². The highest BCUT2D eigenvalue weighted by Gasteiger charge is 2.09. The quantitative estimate of drug-likeness (QED) is 0.577. The third-order valence-electron chi connectivity index (χ3n) is 2.62. The third kappa shape index (κ3) is 1.99. The van der Waals surface area contributed by atoms with E-state index in [4.69, 9.17) is 16.0 Å². The van der Waals surface area contributed by atoms with E-state index in [0.717, 1.165) is 26.8 Å². The maximum Gasteiger partial charge on any atom is 0.136 e. The summed E-state index contributed by atoms with van der Waals surface area (Å²) < 4.78 is 6.77. The van der Waals surface area contributed by atoms with Crippen LogP contribution in [0.5, 0.6) is 0 Å². The van der Waals surface area contributed by atoms with Crippen LogP contribution in [-0.4, -0.2) is 0 Å². The van der Waals surface area contributed by atoms with Gasteiger partial charge < -0.3 is 4.42 Å². The predicted octanol–water partition coefficient (Wildman–Crippen LogP) is 5.52. The summed E-state index contributed by atoms with van der Waals surface area (Å²) in [6, 6.07) is 15.6. The van der Waals surface area contributed by atoms with Crippen LogP contribution < -0.4 is 0 Å². The molecule has 0 N–H and O–H groups in total. The van der Waals surface area contributed by atoms with Gasteiger partial charge in [-0.05, 0) is 30.3 Å². The normalized spacial score (nSPS) is 10.9. The molecule has 0 aliphatic heterocycles. The monoisotopic (exact) mass is 306 g/mol. The molecule has 0 amide bonds. The molecule has 1 nitrogen and oxygen atoms in total. The molecule has 3 heteroatoms. The highest BCUT2D eigenvalue weighted by molar-refractivity contribution is 9.10. The molecule has 3 aromatic rings. The second kappa shape index (κ2) is 4.21. The zero-order chi connectivity index (χ0) is 11.8. The van der Waals surface area contributed by atoms with Gasteiger partial charge in [0, 0.05) is 20.4 Å². The fourth-order valence-corrected chi connectivity index (χ4v) is 2.42. The molecule has 0 saturated heterocycles. The number of rotatable bonds is 1. The van der Waals surface area contributed by atoms with E-state index in [0.29, 0.717) is 5.02 Å². The van der Waals surface area contributed by atoms with E-state index in [-0.39, 0.29) is 0 Å². The molecule has 0 fully saturated rings. The summed E-state index contributed by atoms with van der Waals surface area (Å²) in [5.74, 6) is 0.820. The van der Waals surface area contributed by atoms with E-state index in [1.54, 1.807) is 0 Å². The van der Waals surface area contributed by atoms with Crippen LogP contribution in [0.15, 0.2) is 57.4 Å². The van der Waals surface area contributed by atoms with Crippen LogP contribution in [0.4, 0.5) is 0 Å². The van der Waals surface area contributed by atoms with Crippen LogP contribution in [0.1, 0.15) is 0 Å². The van der Waals surface area contributed by atoms with Gasteiger partial charge in [0.05, 0.1) is 0 Å². The lowest BCUT2D eigenvalue weighted by Gasteiger charge is -2.00. The van der Waals surface area contributed by atoms with Crippen LogP contribution in [-0.2, 0) is 0 Å². The molecular formula is C14H8BrClO. The van der Waals surface area contributed by atoms with Crippen molar-refractivity contribution >= 4 is 38.5 Å². The van der Waals surface area contributed by atoms with E-state index in [2.05, 4.69) is 15.9 Å². The summed E-state index contributed by atoms with van der Waals surface area (Å²) in [5.41, 5.74) is 1.85. The summed E-state index contributed by atoms with van der Waals surface area (Å²) in [6.07, 6.45) is 0. The Morgan fingerprint density at radius 2 is 1.82 bits per heavy atom. The Morgan fingerprint density at radius 3 is 2.65 bits per heavy atom. The fraction of sp³-hybridized carbons (Fsp3) is 0. The molecule has 0 radical (unpaired) electrons. The van der Waals surface area contributed by atoms with Crippen molar-refractivity contribution < 1.29 is 4.42 Å². The average molecular weight is 308 g/mol. The highest BCUT2D eigenvalue weighted by Crippen LogP contribution is 2.34. The van der Waals surface area contributed by atoms with E-state index in [1.165, 1.54) is 0 Å². The average Bonchev–Trinajstić information content (AvgIpc) is 2.75. The Hall–Kier alpha value is -1.25. The van der Waals surface area contributed by atoms with Crippen molar-refractivity contribution in [1.82, 2.24) is 0 Å². The van der Waals surface area contributed by atoms with Crippen molar-refractivity contribution in [2.75, 3.05) is 0 Å². The van der Waals surface area contributed by atoms with Gasteiger partial charge in [0.15, 0.2) is 0 Å². The zero-order valence-corrected chi connectivity index (χ0v) is 11.1. The second-order valence-corrected chi connectivity index (χ2v) is 5.06.